The van der Waals surface area contributed by atoms with Crippen molar-refractivity contribution in [2.24, 2.45) is 0 Å². The second kappa shape index (κ2) is 34.8. The monoisotopic (exact) mass is 760 g/mol. The van der Waals surface area contributed by atoms with Crippen molar-refractivity contribution >= 4 is 48.7 Å². The van der Waals surface area contributed by atoms with Gasteiger partial charge in [-0.1, -0.05) is 58.9 Å². The predicted octanol–water partition coefficient (Wildman–Crippen LogP) is 11.6. The van der Waals surface area contributed by atoms with E-state index in [2.05, 4.69) is 136 Å². The van der Waals surface area contributed by atoms with Crippen LogP contribution in [0.15, 0.2) is 133 Å². The van der Waals surface area contributed by atoms with Gasteiger partial charge in [-0.25, -0.2) is 0 Å². The Kier molecular flexibility index (Phi) is 38.2. The first-order valence-electron chi connectivity index (χ1n) is 14.8. The molecule has 250 valence electrons. The van der Waals surface area contributed by atoms with Gasteiger partial charge in [-0.15, -0.1) is 66.0 Å². The van der Waals surface area contributed by atoms with Gasteiger partial charge < -0.3 is 37.9 Å². The van der Waals surface area contributed by atoms with Crippen LogP contribution in [0.3, 0.4) is 0 Å². The molecule has 5 heteroatoms. The molecule has 0 N–H and O–H groups in total. The Balaban J connectivity index is -0.000000241. The van der Waals surface area contributed by atoms with Crippen molar-refractivity contribution in [2.45, 2.75) is 34.6 Å². The standard InChI is InChI=1S/C10H15.C9H7.3C7H7.3CH4S.2Ti/c1-6-7(2)9(4)10(5)8(6)3;1-2-5-9-7-3-6-8(9)4-1;3*1-7-5-3-2-4-6-7;3*1-2;;/h1-5H3;1-7H;3*2-6H,1H2;3*2H,1H3;;/q5*-1;;;;2*+4/p-3. The van der Waals surface area contributed by atoms with Gasteiger partial charge in [0.2, 0.25) is 0 Å². The molecule has 0 saturated carbocycles. The molecule has 0 bridgehead atoms. The molecule has 48 heavy (non-hydrogen) atoms. The summed E-state index contributed by atoms with van der Waals surface area (Å²) in [5.74, 6) is 0. The van der Waals surface area contributed by atoms with Gasteiger partial charge in [-0.3, -0.25) is 0 Å². The number of hydrogen-bond donors (Lipinski definition) is 0. The maximum atomic E-state index is 4.08. The summed E-state index contributed by atoms with van der Waals surface area (Å²) in [4.78, 5) is 0. The zero-order valence-corrected chi connectivity index (χ0v) is 35.6. The number of hydrogen-bond acceptors (Lipinski definition) is 3. The molecule has 0 heterocycles. The summed E-state index contributed by atoms with van der Waals surface area (Å²) in [6, 6.07) is 44.3. The minimum absolute atomic E-state index is 0. The summed E-state index contributed by atoms with van der Waals surface area (Å²) in [6.45, 7) is 22.2. The molecule has 0 aliphatic heterocycles. The predicted molar refractivity (Wildman–Crippen MR) is 218 cm³/mol. The Morgan fingerprint density at radius 2 is 0.750 bits per heavy atom. The van der Waals surface area contributed by atoms with Crippen molar-refractivity contribution < 1.29 is 43.4 Å². The van der Waals surface area contributed by atoms with Gasteiger partial charge in [0.25, 0.3) is 0 Å². The molecule has 6 aromatic carbocycles. The Morgan fingerprint density at radius 3 is 0.979 bits per heavy atom. The van der Waals surface area contributed by atoms with Crippen molar-refractivity contribution in [1.29, 1.82) is 0 Å². The average molecular weight is 761 g/mol. The maximum absolute atomic E-state index is 4.08. The molecule has 0 nitrogen and oxygen atoms in total. The maximum Gasteiger partial charge on any atom is 4.00 e. The van der Waals surface area contributed by atoms with Crippen LogP contribution < -0.4 is 0 Å². The van der Waals surface area contributed by atoms with Crippen LogP contribution in [0.2, 0.25) is 0 Å². The Bertz CT molecular complexity index is 1310. The summed E-state index contributed by atoms with van der Waals surface area (Å²) in [6.07, 6.45) is 4.75. The van der Waals surface area contributed by atoms with Gasteiger partial charge in [0, 0.05) is 0 Å². The molecule has 0 aromatic heterocycles. The minimum atomic E-state index is 0. The molecular weight excluding hydrogens is 708 g/mol. The summed E-state index contributed by atoms with van der Waals surface area (Å²) in [5, 5.41) is 2.66. The zero-order valence-electron chi connectivity index (χ0n) is 30.0. The van der Waals surface area contributed by atoms with E-state index in [9.17, 15) is 0 Å². The van der Waals surface area contributed by atoms with E-state index in [-0.39, 0.29) is 43.4 Å². The Hall–Kier alpha value is -2.07. The summed E-state index contributed by atoms with van der Waals surface area (Å²) < 4.78 is 0. The molecule has 0 aliphatic rings. The van der Waals surface area contributed by atoms with E-state index in [0.29, 0.717) is 0 Å². The fraction of sp³-hybridized carbons (Fsp3) is 0.186. The largest absolute Gasteiger partial charge is 4.00 e. The van der Waals surface area contributed by atoms with Crippen molar-refractivity contribution in [2.75, 3.05) is 18.8 Å². The molecule has 0 fully saturated rings. The first-order chi connectivity index (χ1) is 22.2. The number of benzene rings is 4. The second-order valence-corrected chi connectivity index (χ2v) is 9.74. The summed E-state index contributed by atoms with van der Waals surface area (Å²) >= 11 is 12.2. The SMILES string of the molecule is C[S-].C[S-].C[S-].Cc1c(C)c(C)[c-](C)c1C.[CH2-]c1ccccc1.[CH2-]c1ccccc1.[CH2-]c1ccccc1.[Ti+4].[Ti+4].c1ccc2[cH-]ccc2c1. The zero-order chi connectivity index (χ0) is 35.3. The second-order valence-electron chi connectivity index (χ2n) is 9.74. The molecule has 0 atom stereocenters. The van der Waals surface area contributed by atoms with Crippen LogP contribution in [0, 0.1) is 55.4 Å². The van der Waals surface area contributed by atoms with Crippen LogP contribution in [0.25, 0.3) is 10.8 Å². The molecule has 6 aromatic rings. The van der Waals surface area contributed by atoms with E-state index in [1.165, 1.54) is 38.6 Å². The first kappa shape index (κ1) is 52.7. The molecule has 0 radical (unpaired) electrons. The van der Waals surface area contributed by atoms with Gasteiger partial charge in [0.05, 0.1) is 0 Å². The van der Waals surface area contributed by atoms with Crippen molar-refractivity contribution in [1.82, 2.24) is 0 Å². The molecule has 0 unspecified atom stereocenters. The molecule has 0 aliphatic carbocycles. The Labute approximate surface area is 341 Å². The fourth-order valence-electron chi connectivity index (χ4n) is 3.91. The van der Waals surface area contributed by atoms with E-state index in [1.807, 2.05) is 91.0 Å². The van der Waals surface area contributed by atoms with E-state index >= 15 is 0 Å². The number of rotatable bonds is 0. The third kappa shape index (κ3) is 23.3. The van der Waals surface area contributed by atoms with Crippen LogP contribution in [0.4, 0.5) is 0 Å². The minimum Gasteiger partial charge on any atom is -0.796 e. The van der Waals surface area contributed by atoms with Crippen molar-refractivity contribution in [3.8, 4) is 0 Å². The van der Waals surface area contributed by atoms with Crippen LogP contribution in [0.5, 0.6) is 0 Å². The van der Waals surface area contributed by atoms with Gasteiger partial charge in [-0.2, -0.15) is 138 Å². The molecule has 6 rings (SSSR count). The quantitative estimate of drug-likeness (QED) is 0.0860. The molecule has 0 amide bonds. The van der Waals surface area contributed by atoms with Gasteiger partial charge in [0.1, 0.15) is 0 Å². The third-order valence-electron chi connectivity index (χ3n) is 6.89. The van der Waals surface area contributed by atoms with Gasteiger partial charge in [0.15, 0.2) is 0 Å². The van der Waals surface area contributed by atoms with Crippen molar-refractivity contribution in [3.05, 3.63) is 199 Å². The van der Waals surface area contributed by atoms with E-state index in [1.54, 1.807) is 18.8 Å². The number of fused-ring (bicyclic) bond motifs is 1. The first-order valence-corrected chi connectivity index (χ1v) is 17.3. The normalized spacial score (nSPS) is 8.23. The summed E-state index contributed by atoms with van der Waals surface area (Å²) in [7, 11) is 0. The third-order valence-corrected chi connectivity index (χ3v) is 6.89. The van der Waals surface area contributed by atoms with Crippen molar-refractivity contribution in [3.63, 3.8) is 0 Å². The fourth-order valence-corrected chi connectivity index (χ4v) is 3.91. The smallest absolute Gasteiger partial charge is 0.796 e. The molecule has 0 spiro atoms. The van der Waals surface area contributed by atoms with E-state index in [0.717, 1.165) is 16.7 Å². The molecule has 0 saturated heterocycles. The van der Waals surface area contributed by atoms with Crippen LogP contribution in [-0.2, 0) is 81.3 Å². The van der Waals surface area contributed by atoms with E-state index < -0.39 is 0 Å². The average Bonchev–Trinajstić information content (AvgIpc) is 3.66. The van der Waals surface area contributed by atoms with E-state index in [4.69, 9.17) is 0 Å². The van der Waals surface area contributed by atoms with Gasteiger partial charge in [-0.05, 0) is 0 Å². The topological polar surface area (TPSA) is 0 Å². The van der Waals surface area contributed by atoms with Crippen LogP contribution in [0.1, 0.15) is 44.5 Å². The van der Waals surface area contributed by atoms with Crippen LogP contribution >= 0.6 is 0 Å². The van der Waals surface area contributed by atoms with Crippen LogP contribution in [-0.4, -0.2) is 18.8 Å². The Morgan fingerprint density at radius 1 is 0.458 bits per heavy atom. The summed E-state index contributed by atoms with van der Waals surface area (Å²) in [5.41, 5.74) is 10.6. The van der Waals surface area contributed by atoms with Gasteiger partial charge >= 0.3 is 43.4 Å². The molecular formula is C43H52S3Ti2.